The van der Waals surface area contributed by atoms with Gasteiger partial charge in [-0.05, 0) is 52.0 Å². The highest BCUT2D eigenvalue weighted by molar-refractivity contribution is 7.89. The Morgan fingerprint density at radius 2 is 1.78 bits per heavy atom. The van der Waals surface area contributed by atoms with Crippen LogP contribution in [0.3, 0.4) is 0 Å². The first kappa shape index (κ1) is 19.9. The van der Waals surface area contributed by atoms with E-state index in [1.54, 1.807) is 0 Å². The summed E-state index contributed by atoms with van der Waals surface area (Å²) in [7, 11) is -3.62. The number of anilines is 1. The Morgan fingerprint density at radius 3 is 2.30 bits per heavy atom. The Hall–Kier alpha value is -1.81. The van der Waals surface area contributed by atoms with Crippen LogP contribution < -0.4 is 5.32 Å². The van der Waals surface area contributed by atoms with Crippen LogP contribution in [0.25, 0.3) is 0 Å². The molecule has 2 aromatic rings. The molecule has 0 bridgehead atoms. The summed E-state index contributed by atoms with van der Waals surface area (Å²) < 4.78 is 32.7. The second kappa shape index (κ2) is 7.67. The van der Waals surface area contributed by atoms with Crippen molar-refractivity contribution in [3.63, 3.8) is 0 Å². The molecule has 9 heteroatoms. The van der Waals surface area contributed by atoms with E-state index >= 15 is 0 Å². The maximum Gasteiger partial charge on any atom is 0.257 e. The number of ether oxygens (including phenoxy) is 1. The largest absolute Gasteiger partial charge is 0.373 e. The second-order valence-electron chi connectivity index (χ2n) is 6.72. The molecule has 0 spiro atoms. The summed E-state index contributed by atoms with van der Waals surface area (Å²) >= 11 is 1.41. The summed E-state index contributed by atoms with van der Waals surface area (Å²) in [4.78, 5) is 17.9. The van der Waals surface area contributed by atoms with Gasteiger partial charge in [0.2, 0.25) is 10.0 Å². The Kier molecular flexibility index (Phi) is 5.66. The van der Waals surface area contributed by atoms with Crippen LogP contribution in [0.5, 0.6) is 0 Å². The first-order chi connectivity index (χ1) is 12.7. The summed E-state index contributed by atoms with van der Waals surface area (Å²) in [6, 6.07) is 5.96. The van der Waals surface area contributed by atoms with Crippen molar-refractivity contribution in [2.24, 2.45) is 0 Å². The smallest absolute Gasteiger partial charge is 0.257 e. The van der Waals surface area contributed by atoms with Gasteiger partial charge in [-0.3, -0.25) is 10.1 Å². The molecule has 2 heterocycles. The molecule has 1 fully saturated rings. The lowest BCUT2D eigenvalue weighted by Crippen LogP contribution is -2.48. The monoisotopic (exact) mass is 409 g/mol. The lowest BCUT2D eigenvalue weighted by atomic mass is 10.2. The SMILES string of the molecule is Cc1nc(NC(=O)c2ccc(S(=O)(=O)N3CC(C)OC(C)C3)cc2)sc1C. The van der Waals surface area contributed by atoms with Crippen molar-refractivity contribution in [1.29, 1.82) is 0 Å². The molecule has 7 nitrogen and oxygen atoms in total. The zero-order valence-electron chi connectivity index (χ0n) is 15.7. The lowest BCUT2D eigenvalue weighted by Gasteiger charge is -2.34. The molecule has 1 aromatic carbocycles. The van der Waals surface area contributed by atoms with Gasteiger partial charge in [-0.25, -0.2) is 13.4 Å². The number of nitrogens with zero attached hydrogens (tertiary/aromatic N) is 2. The molecule has 2 unspecified atom stereocenters. The molecular formula is C18H23N3O4S2. The minimum atomic E-state index is -3.62. The third-order valence-electron chi connectivity index (χ3n) is 4.39. The minimum Gasteiger partial charge on any atom is -0.373 e. The van der Waals surface area contributed by atoms with Crippen LogP contribution in [0, 0.1) is 13.8 Å². The average Bonchev–Trinajstić information content (AvgIpc) is 2.91. The Bertz CT molecular complexity index is 909. The Balaban J connectivity index is 1.75. The number of morpholine rings is 1. The average molecular weight is 410 g/mol. The van der Waals surface area contributed by atoms with Crippen molar-refractivity contribution < 1.29 is 17.9 Å². The topological polar surface area (TPSA) is 88.6 Å². The van der Waals surface area contributed by atoms with Gasteiger partial charge in [0.1, 0.15) is 0 Å². The van der Waals surface area contributed by atoms with Crippen molar-refractivity contribution in [3.8, 4) is 0 Å². The van der Waals surface area contributed by atoms with E-state index in [-0.39, 0.29) is 23.0 Å². The fraction of sp³-hybridized carbons (Fsp3) is 0.444. The summed E-state index contributed by atoms with van der Waals surface area (Å²) in [5, 5.41) is 3.28. The van der Waals surface area contributed by atoms with E-state index in [4.69, 9.17) is 4.74 Å². The van der Waals surface area contributed by atoms with E-state index < -0.39 is 10.0 Å². The van der Waals surface area contributed by atoms with Gasteiger partial charge in [0.05, 0.1) is 22.8 Å². The van der Waals surface area contributed by atoms with Crippen LogP contribution in [0.15, 0.2) is 29.2 Å². The van der Waals surface area contributed by atoms with Gasteiger partial charge < -0.3 is 4.74 Å². The van der Waals surface area contributed by atoms with Gasteiger partial charge in [0.15, 0.2) is 5.13 Å². The number of amides is 1. The zero-order valence-corrected chi connectivity index (χ0v) is 17.4. The molecule has 27 heavy (non-hydrogen) atoms. The number of carbonyl (C=O) groups excluding carboxylic acids is 1. The number of nitrogens with one attached hydrogen (secondary N) is 1. The van der Waals surface area contributed by atoms with Gasteiger partial charge >= 0.3 is 0 Å². The van der Waals surface area contributed by atoms with Gasteiger partial charge in [-0.15, -0.1) is 11.3 Å². The maximum atomic E-state index is 12.9. The standard InChI is InChI=1S/C18H23N3O4S2/c1-11-9-21(10-12(2)25-11)27(23,24)16-7-5-15(6-8-16)17(22)20-18-19-13(3)14(4)26-18/h5-8,11-12H,9-10H2,1-4H3,(H,19,20,22). The van der Waals surface area contributed by atoms with Crippen LogP contribution in [0.2, 0.25) is 0 Å². The van der Waals surface area contributed by atoms with Crippen LogP contribution in [-0.2, 0) is 14.8 Å². The van der Waals surface area contributed by atoms with Gasteiger partial charge in [-0.1, -0.05) is 0 Å². The molecule has 0 radical (unpaired) electrons. The third-order valence-corrected chi connectivity index (χ3v) is 7.22. The molecule has 1 aliphatic heterocycles. The summed E-state index contributed by atoms with van der Waals surface area (Å²) in [5.41, 5.74) is 1.26. The van der Waals surface area contributed by atoms with Gasteiger partial charge in [-0.2, -0.15) is 4.31 Å². The second-order valence-corrected chi connectivity index (χ2v) is 9.86. The highest BCUT2D eigenvalue weighted by Crippen LogP contribution is 2.23. The summed E-state index contributed by atoms with van der Waals surface area (Å²) in [6.07, 6.45) is -0.308. The summed E-state index contributed by atoms with van der Waals surface area (Å²) in [6.45, 7) is 8.17. The quantitative estimate of drug-likeness (QED) is 0.839. The van der Waals surface area contributed by atoms with E-state index in [1.165, 1.54) is 39.9 Å². The first-order valence-corrected chi connectivity index (χ1v) is 10.9. The van der Waals surface area contributed by atoms with Crippen molar-refractivity contribution in [2.45, 2.75) is 44.8 Å². The molecule has 1 saturated heterocycles. The van der Waals surface area contributed by atoms with Gasteiger partial charge in [0.25, 0.3) is 5.91 Å². The molecular weight excluding hydrogens is 386 g/mol. The highest BCUT2D eigenvalue weighted by atomic mass is 32.2. The number of thiazole rings is 1. The number of benzene rings is 1. The van der Waals surface area contributed by atoms with Crippen LogP contribution >= 0.6 is 11.3 Å². The van der Waals surface area contributed by atoms with Crippen LogP contribution in [0.4, 0.5) is 5.13 Å². The molecule has 3 rings (SSSR count). The van der Waals surface area contributed by atoms with Crippen LogP contribution in [0.1, 0.15) is 34.8 Å². The number of hydrogen-bond donors (Lipinski definition) is 1. The molecule has 1 aromatic heterocycles. The molecule has 0 aliphatic carbocycles. The fourth-order valence-electron chi connectivity index (χ4n) is 2.95. The number of sulfonamides is 1. The molecule has 146 valence electrons. The minimum absolute atomic E-state index is 0.154. The van der Waals surface area contributed by atoms with E-state index in [0.29, 0.717) is 23.8 Å². The number of carbonyl (C=O) groups is 1. The lowest BCUT2D eigenvalue weighted by molar-refractivity contribution is -0.0440. The molecule has 0 saturated carbocycles. The van der Waals surface area contributed by atoms with Crippen LogP contribution in [-0.4, -0.2) is 48.9 Å². The fourth-order valence-corrected chi connectivity index (χ4v) is 5.35. The van der Waals surface area contributed by atoms with E-state index in [1.807, 2.05) is 27.7 Å². The molecule has 1 amide bonds. The van der Waals surface area contributed by atoms with E-state index in [9.17, 15) is 13.2 Å². The Morgan fingerprint density at radius 1 is 1.19 bits per heavy atom. The molecule has 1 N–H and O–H groups in total. The normalized spacial score (nSPS) is 21.2. The van der Waals surface area contributed by atoms with Crippen molar-refractivity contribution in [2.75, 3.05) is 18.4 Å². The zero-order chi connectivity index (χ0) is 19.8. The number of hydrogen-bond acceptors (Lipinski definition) is 6. The molecule has 2 atom stereocenters. The Labute approximate surface area is 163 Å². The predicted molar refractivity (Wildman–Crippen MR) is 105 cm³/mol. The summed E-state index contributed by atoms with van der Waals surface area (Å²) in [5.74, 6) is -0.318. The maximum absolute atomic E-state index is 12.9. The van der Waals surface area contributed by atoms with E-state index in [2.05, 4.69) is 10.3 Å². The predicted octanol–water partition coefficient (Wildman–Crippen LogP) is 2.81. The number of rotatable bonds is 4. The first-order valence-electron chi connectivity index (χ1n) is 8.68. The van der Waals surface area contributed by atoms with Crippen molar-refractivity contribution in [1.82, 2.24) is 9.29 Å². The number of aryl methyl sites for hydroxylation is 2. The van der Waals surface area contributed by atoms with E-state index in [0.717, 1.165) is 10.6 Å². The number of aromatic nitrogens is 1. The van der Waals surface area contributed by atoms with Crippen molar-refractivity contribution >= 4 is 32.4 Å². The van der Waals surface area contributed by atoms with Gasteiger partial charge in [0, 0.05) is 23.5 Å². The highest BCUT2D eigenvalue weighted by Gasteiger charge is 2.32. The van der Waals surface area contributed by atoms with Crippen molar-refractivity contribution in [3.05, 3.63) is 40.4 Å². The third kappa shape index (κ3) is 4.37. The molecule has 1 aliphatic rings.